The van der Waals surface area contributed by atoms with Gasteiger partial charge in [0.1, 0.15) is 0 Å². The van der Waals surface area contributed by atoms with Gasteiger partial charge in [0, 0.05) is 30.9 Å². The zero-order valence-corrected chi connectivity index (χ0v) is 12.8. The highest BCUT2D eigenvalue weighted by Gasteiger charge is 2.26. The Kier molecular flexibility index (Phi) is 9.48. The molecule has 0 aromatic heterocycles. The van der Waals surface area contributed by atoms with E-state index in [-0.39, 0.29) is 0 Å². The third-order valence-electron chi connectivity index (χ3n) is 3.78. The average molecular weight is 295 g/mol. The molecule has 1 saturated heterocycles. The summed E-state index contributed by atoms with van der Waals surface area (Å²) in [5.41, 5.74) is 0. The van der Waals surface area contributed by atoms with Gasteiger partial charge in [-0.1, -0.05) is 19.3 Å². The van der Waals surface area contributed by atoms with Gasteiger partial charge >= 0.3 is 0 Å². The van der Waals surface area contributed by atoms with Gasteiger partial charge in [0.2, 0.25) is 0 Å². The van der Waals surface area contributed by atoms with Gasteiger partial charge in [-0.3, -0.25) is 4.90 Å². The maximum Gasteiger partial charge on any atom is 0.0594 e. The molecule has 1 unspecified atom stereocenters. The van der Waals surface area contributed by atoms with Crippen LogP contribution < -0.4 is 0 Å². The maximum absolute atomic E-state index is 5.37. The molecule has 2 aliphatic rings. The van der Waals surface area contributed by atoms with E-state index in [1.807, 2.05) is 0 Å². The SMILES string of the molecule is ClCCCl.[CH2]C(C1CCCCC1)N1CCOCC1. The molecule has 0 amide bonds. The molecule has 0 N–H and O–H groups in total. The molecule has 1 saturated carbocycles. The topological polar surface area (TPSA) is 12.5 Å². The number of morpholine rings is 1. The molecule has 107 valence electrons. The van der Waals surface area contributed by atoms with Crippen LogP contribution >= 0.6 is 23.2 Å². The predicted octanol–water partition coefficient (Wildman–Crippen LogP) is 3.57. The van der Waals surface area contributed by atoms with Crippen LogP contribution in [-0.2, 0) is 4.74 Å². The van der Waals surface area contributed by atoms with Crippen LogP contribution in [0.1, 0.15) is 32.1 Å². The first-order valence-corrected chi connectivity index (χ1v) is 8.13. The van der Waals surface area contributed by atoms with Crippen molar-refractivity contribution in [2.24, 2.45) is 5.92 Å². The van der Waals surface area contributed by atoms with E-state index < -0.39 is 0 Å². The van der Waals surface area contributed by atoms with Crippen molar-refractivity contribution in [3.63, 3.8) is 0 Å². The lowest BCUT2D eigenvalue weighted by Gasteiger charge is -2.38. The summed E-state index contributed by atoms with van der Waals surface area (Å²) >= 11 is 10.1. The third-order valence-corrected chi connectivity index (χ3v) is 4.35. The number of alkyl halides is 2. The molecule has 2 nitrogen and oxygen atoms in total. The normalized spacial score (nSPS) is 24.2. The second-order valence-corrected chi connectivity index (χ2v) is 5.75. The van der Waals surface area contributed by atoms with Crippen LogP contribution in [0.25, 0.3) is 0 Å². The van der Waals surface area contributed by atoms with E-state index in [0.717, 1.165) is 32.2 Å². The Balaban J connectivity index is 0.000000357. The van der Waals surface area contributed by atoms with Crippen molar-refractivity contribution in [3.8, 4) is 0 Å². The quantitative estimate of drug-likeness (QED) is 0.738. The van der Waals surface area contributed by atoms with E-state index in [2.05, 4.69) is 11.8 Å². The average Bonchev–Trinajstić information content (AvgIpc) is 2.48. The van der Waals surface area contributed by atoms with Gasteiger partial charge < -0.3 is 4.74 Å². The van der Waals surface area contributed by atoms with Crippen LogP contribution in [0.5, 0.6) is 0 Å². The van der Waals surface area contributed by atoms with Crippen molar-refractivity contribution in [1.82, 2.24) is 4.90 Å². The summed E-state index contributed by atoms with van der Waals surface area (Å²) in [5.74, 6) is 1.96. The van der Waals surface area contributed by atoms with Gasteiger partial charge in [-0.05, 0) is 25.7 Å². The number of hydrogen-bond donors (Lipinski definition) is 0. The first kappa shape index (κ1) is 16.6. The number of halogens is 2. The van der Waals surface area contributed by atoms with Gasteiger partial charge in [0.05, 0.1) is 13.2 Å². The third kappa shape index (κ3) is 6.10. The minimum atomic E-state index is 0.541. The molecule has 1 aliphatic heterocycles. The lowest BCUT2D eigenvalue weighted by molar-refractivity contribution is 0.00955. The second kappa shape index (κ2) is 10.3. The van der Waals surface area contributed by atoms with Crippen molar-refractivity contribution in [2.45, 2.75) is 38.1 Å². The second-order valence-electron chi connectivity index (χ2n) is 4.99. The lowest BCUT2D eigenvalue weighted by Crippen LogP contribution is -2.46. The summed E-state index contributed by atoms with van der Waals surface area (Å²) in [4.78, 5) is 2.51. The minimum absolute atomic E-state index is 0.541. The first-order valence-electron chi connectivity index (χ1n) is 7.06. The molecule has 1 aliphatic carbocycles. The molecule has 2 rings (SSSR count). The summed E-state index contributed by atoms with van der Waals surface area (Å²) < 4.78 is 5.37. The standard InChI is InChI=1S/C12H22NO.C2H4Cl2/c1-11(12-5-3-2-4-6-12)13-7-9-14-10-8-13;3-1-2-4/h11-12H,1-10H2;1-2H2. The van der Waals surface area contributed by atoms with Gasteiger partial charge in [-0.25, -0.2) is 0 Å². The van der Waals surface area contributed by atoms with Gasteiger partial charge in [0.15, 0.2) is 0 Å². The van der Waals surface area contributed by atoms with Gasteiger partial charge in [-0.2, -0.15) is 0 Å². The van der Waals surface area contributed by atoms with E-state index >= 15 is 0 Å². The highest BCUT2D eigenvalue weighted by molar-refractivity contribution is 6.25. The number of ether oxygens (including phenoxy) is 1. The molecule has 2 fully saturated rings. The van der Waals surface area contributed by atoms with Gasteiger partial charge in [-0.15, -0.1) is 23.2 Å². The number of rotatable bonds is 3. The molecular formula is C14H26Cl2NO. The fraction of sp³-hybridized carbons (Fsp3) is 0.929. The summed E-state index contributed by atoms with van der Waals surface area (Å²) in [5, 5.41) is 0. The molecule has 0 aromatic carbocycles. The van der Waals surface area contributed by atoms with E-state index in [9.17, 15) is 0 Å². The van der Waals surface area contributed by atoms with Crippen LogP contribution in [0.3, 0.4) is 0 Å². The Morgan fingerprint density at radius 1 is 1.06 bits per heavy atom. The van der Waals surface area contributed by atoms with Crippen molar-refractivity contribution in [3.05, 3.63) is 6.92 Å². The summed E-state index contributed by atoms with van der Waals surface area (Å²) in [6.45, 7) is 8.33. The Labute approximate surface area is 122 Å². The molecular weight excluding hydrogens is 269 g/mol. The molecule has 1 radical (unpaired) electrons. The fourth-order valence-corrected chi connectivity index (χ4v) is 2.73. The lowest BCUT2D eigenvalue weighted by atomic mass is 9.84. The molecule has 4 heteroatoms. The Bertz CT molecular complexity index is 172. The van der Waals surface area contributed by atoms with Crippen LogP contribution in [0.2, 0.25) is 0 Å². The Morgan fingerprint density at radius 2 is 1.61 bits per heavy atom. The summed E-state index contributed by atoms with van der Waals surface area (Å²) in [6.07, 6.45) is 7.06. The van der Waals surface area contributed by atoms with Crippen LogP contribution in [0.15, 0.2) is 0 Å². The smallest absolute Gasteiger partial charge is 0.0594 e. The molecule has 0 spiro atoms. The maximum atomic E-state index is 5.37. The molecule has 1 heterocycles. The first-order chi connectivity index (χ1) is 8.79. The van der Waals surface area contributed by atoms with E-state index in [1.54, 1.807) is 0 Å². The fourth-order valence-electron chi connectivity index (χ4n) is 2.73. The molecule has 18 heavy (non-hydrogen) atoms. The monoisotopic (exact) mass is 294 g/mol. The summed E-state index contributed by atoms with van der Waals surface area (Å²) in [7, 11) is 0. The highest BCUT2D eigenvalue weighted by atomic mass is 35.5. The van der Waals surface area contributed by atoms with E-state index in [0.29, 0.717) is 17.8 Å². The van der Waals surface area contributed by atoms with Crippen molar-refractivity contribution < 1.29 is 4.74 Å². The zero-order valence-electron chi connectivity index (χ0n) is 11.3. The minimum Gasteiger partial charge on any atom is -0.379 e. The molecule has 1 atom stereocenters. The largest absolute Gasteiger partial charge is 0.379 e. The molecule has 0 aromatic rings. The zero-order chi connectivity index (χ0) is 13.2. The Morgan fingerprint density at radius 3 is 2.11 bits per heavy atom. The van der Waals surface area contributed by atoms with Crippen LogP contribution in [0.4, 0.5) is 0 Å². The van der Waals surface area contributed by atoms with E-state index in [1.165, 1.54) is 32.1 Å². The van der Waals surface area contributed by atoms with Crippen LogP contribution in [-0.4, -0.2) is 49.0 Å². The van der Waals surface area contributed by atoms with Crippen molar-refractivity contribution in [1.29, 1.82) is 0 Å². The van der Waals surface area contributed by atoms with Crippen LogP contribution in [0, 0.1) is 12.8 Å². The highest BCUT2D eigenvalue weighted by Crippen LogP contribution is 2.28. The van der Waals surface area contributed by atoms with Gasteiger partial charge in [0.25, 0.3) is 0 Å². The van der Waals surface area contributed by atoms with Crippen molar-refractivity contribution in [2.75, 3.05) is 38.1 Å². The Hall–Kier alpha value is 0.500. The van der Waals surface area contributed by atoms with Crippen molar-refractivity contribution >= 4 is 23.2 Å². The number of hydrogen-bond acceptors (Lipinski definition) is 2. The van der Waals surface area contributed by atoms with E-state index in [4.69, 9.17) is 27.9 Å². The predicted molar refractivity (Wildman–Crippen MR) is 79.6 cm³/mol. The summed E-state index contributed by atoms with van der Waals surface area (Å²) in [6, 6.07) is 0.541. The molecule has 0 bridgehead atoms. The number of nitrogens with zero attached hydrogens (tertiary/aromatic N) is 1.